The lowest BCUT2D eigenvalue weighted by Gasteiger charge is -1.90. The highest BCUT2D eigenvalue weighted by atomic mass is 15.3. The zero-order valence-corrected chi connectivity index (χ0v) is 10.2. The van der Waals surface area contributed by atoms with Gasteiger partial charge in [-0.1, -0.05) is 6.07 Å². The van der Waals surface area contributed by atoms with Gasteiger partial charge in [-0.3, -0.25) is 4.68 Å². The predicted molar refractivity (Wildman–Crippen MR) is 67.8 cm³/mol. The van der Waals surface area contributed by atoms with Crippen LogP contribution in [0.5, 0.6) is 0 Å². The van der Waals surface area contributed by atoms with Crippen molar-refractivity contribution in [3.05, 3.63) is 35.7 Å². The van der Waals surface area contributed by atoms with Gasteiger partial charge >= 0.3 is 0 Å². The number of fused-ring (bicyclic) bond motifs is 1. The molecular weight excluding hydrogens is 212 g/mol. The van der Waals surface area contributed by atoms with Gasteiger partial charge in [0, 0.05) is 13.2 Å². The zero-order valence-electron chi connectivity index (χ0n) is 10.2. The van der Waals surface area contributed by atoms with Crippen LogP contribution in [-0.2, 0) is 7.05 Å². The molecule has 0 aliphatic heterocycles. The van der Waals surface area contributed by atoms with Gasteiger partial charge in [-0.2, -0.15) is 5.10 Å². The van der Waals surface area contributed by atoms with Crippen molar-refractivity contribution >= 4 is 11.0 Å². The average Bonchev–Trinajstić information content (AvgIpc) is 2.80. The molecule has 0 unspecified atom stereocenters. The standard InChI is InChI=1S/C13H14N4/c1-8-4-5-11-12(6-8)15-13(14-11)10-7-17(3)16-9(10)2/h4-7H,1-3H3,(H,14,15). The summed E-state index contributed by atoms with van der Waals surface area (Å²) in [4.78, 5) is 7.93. The molecule has 0 amide bonds. The van der Waals surface area contributed by atoms with Crippen LogP contribution in [0.4, 0.5) is 0 Å². The van der Waals surface area contributed by atoms with E-state index in [4.69, 9.17) is 0 Å². The lowest BCUT2D eigenvalue weighted by Crippen LogP contribution is -1.86. The molecule has 0 fully saturated rings. The van der Waals surface area contributed by atoms with Gasteiger partial charge in [0.2, 0.25) is 0 Å². The van der Waals surface area contributed by atoms with Crippen LogP contribution in [0.1, 0.15) is 11.3 Å². The molecule has 2 heterocycles. The van der Waals surface area contributed by atoms with Crippen molar-refractivity contribution in [1.29, 1.82) is 0 Å². The molecule has 1 aromatic carbocycles. The Morgan fingerprint density at radius 2 is 2.06 bits per heavy atom. The number of aryl methyl sites for hydroxylation is 3. The Hall–Kier alpha value is -2.10. The summed E-state index contributed by atoms with van der Waals surface area (Å²) in [5.74, 6) is 0.885. The third-order valence-electron chi connectivity index (χ3n) is 2.91. The number of H-pyrrole nitrogens is 1. The Kier molecular flexibility index (Phi) is 2.04. The molecular formula is C13H14N4. The van der Waals surface area contributed by atoms with Gasteiger partial charge in [0.1, 0.15) is 5.82 Å². The number of imidazole rings is 1. The highest BCUT2D eigenvalue weighted by molar-refractivity contribution is 5.80. The lowest BCUT2D eigenvalue weighted by atomic mass is 10.2. The summed E-state index contributed by atoms with van der Waals surface area (Å²) < 4.78 is 1.81. The first-order valence-electron chi connectivity index (χ1n) is 5.60. The van der Waals surface area contributed by atoms with Gasteiger partial charge in [0.05, 0.1) is 22.3 Å². The van der Waals surface area contributed by atoms with E-state index in [2.05, 4.69) is 34.1 Å². The van der Waals surface area contributed by atoms with E-state index in [0.717, 1.165) is 28.1 Å². The minimum absolute atomic E-state index is 0.885. The number of hydrogen-bond acceptors (Lipinski definition) is 2. The molecule has 0 saturated carbocycles. The summed E-state index contributed by atoms with van der Waals surface area (Å²) in [6, 6.07) is 6.22. The third-order valence-corrected chi connectivity index (χ3v) is 2.91. The zero-order chi connectivity index (χ0) is 12.0. The van der Waals surface area contributed by atoms with E-state index in [0.29, 0.717) is 0 Å². The smallest absolute Gasteiger partial charge is 0.141 e. The van der Waals surface area contributed by atoms with Crippen molar-refractivity contribution in [2.75, 3.05) is 0 Å². The second kappa shape index (κ2) is 3.45. The van der Waals surface area contributed by atoms with Crippen molar-refractivity contribution in [3.8, 4) is 11.4 Å². The first-order chi connectivity index (χ1) is 8.13. The highest BCUT2D eigenvalue weighted by Gasteiger charge is 2.10. The predicted octanol–water partition coefficient (Wildman–Crippen LogP) is 2.58. The molecule has 0 aliphatic carbocycles. The van der Waals surface area contributed by atoms with Crippen LogP contribution in [0.15, 0.2) is 24.4 Å². The summed E-state index contributed by atoms with van der Waals surface area (Å²) in [5, 5.41) is 4.33. The minimum atomic E-state index is 0.885. The number of nitrogens with one attached hydrogen (secondary N) is 1. The number of benzene rings is 1. The van der Waals surface area contributed by atoms with E-state index in [1.54, 1.807) is 0 Å². The molecule has 0 bridgehead atoms. The maximum Gasteiger partial charge on any atom is 0.141 e. The maximum absolute atomic E-state index is 4.59. The Morgan fingerprint density at radius 1 is 1.24 bits per heavy atom. The topological polar surface area (TPSA) is 46.5 Å². The van der Waals surface area contributed by atoms with Crippen LogP contribution < -0.4 is 0 Å². The molecule has 3 rings (SSSR count). The second-order valence-electron chi connectivity index (χ2n) is 4.41. The van der Waals surface area contributed by atoms with Crippen LogP contribution in [-0.4, -0.2) is 19.7 Å². The molecule has 4 heteroatoms. The monoisotopic (exact) mass is 226 g/mol. The quantitative estimate of drug-likeness (QED) is 0.693. The molecule has 0 aliphatic rings. The summed E-state index contributed by atoms with van der Waals surface area (Å²) in [6.45, 7) is 4.07. The average molecular weight is 226 g/mol. The molecule has 0 radical (unpaired) electrons. The fourth-order valence-electron chi connectivity index (χ4n) is 2.08. The first kappa shape index (κ1) is 10.1. The third kappa shape index (κ3) is 1.62. The molecule has 0 saturated heterocycles. The van der Waals surface area contributed by atoms with Gasteiger partial charge in [0.25, 0.3) is 0 Å². The summed E-state index contributed by atoms with van der Waals surface area (Å²) in [6.07, 6.45) is 1.99. The van der Waals surface area contributed by atoms with Crippen molar-refractivity contribution in [1.82, 2.24) is 19.7 Å². The van der Waals surface area contributed by atoms with Crippen molar-refractivity contribution in [3.63, 3.8) is 0 Å². The molecule has 2 aromatic heterocycles. The number of aromatic nitrogens is 4. The number of aromatic amines is 1. The maximum atomic E-state index is 4.59. The van der Waals surface area contributed by atoms with Gasteiger partial charge in [-0.25, -0.2) is 4.98 Å². The van der Waals surface area contributed by atoms with E-state index in [-0.39, 0.29) is 0 Å². The normalized spacial score (nSPS) is 11.2. The molecule has 3 aromatic rings. The summed E-state index contributed by atoms with van der Waals surface area (Å²) in [5.41, 5.74) is 5.34. The van der Waals surface area contributed by atoms with Crippen LogP contribution in [0.2, 0.25) is 0 Å². The molecule has 17 heavy (non-hydrogen) atoms. The van der Waals surface area contributed by atoms with Gasteiger partial charge in [-0.05, 0) is 31.5 Å². The van der Waals surface area contributed by atoms with Gasteiger partial charge < -0.3 is 4.98 Å². The fourth-order valence-corrected chi connectivity index (χ4v) is 2.08. The van der Waals surface area contributed by atoms with E-state index < -0.39 is 0 Å². The Morgan fingerprint density at radius 3 is 2.76 bits per heavy atom. The van der Waals surface area contributed by atoms with Crippen LogP contribution in [0, 0.1) is 13.8 Å². The van der Waals surface area contributed by atoms with Crippen molar-refractivity contribution in [2.45, 2.75) is 13.8 Å². The summed E-state index contributed by atoms with van der Waals surface area (Å²) >= 11 is 0. The summed E-state index contributed by atoms with van der Waals surface area (Å²) in [7, 11) is 1.92. The van der Waals surface area contributed by atoms with E-state index in [1.807, 2.05) is 30.9 Å². The van der Waals surface area contributed by atoms with Gasteiger partial charge in [0.15, 0.2) is 0 Å². The van der Waals surface area contributed by atoms with E-state index in [9.17, 15) is 0 Å². The fraction of sp³-hybridized carbons (Fsp3) is 0.231. The highest BCUT2D eigenvalue weighted by Crippen LogP contribution is 2.23. The number of nitrogens with zero attached hydrogens (tertiary/aromatic N) is 3. The Bertz CT molecular complexity index is 691. The van der Waals surface area contributed by atoms with Gasteiger partial charge in [-0.15, -0.1) is 0 Å². The lowest BCUT2D eigenvalue weighted by molar-refractivity contribution is 0.756. The largest absolute Gasteiger partial charge is 0.338 e. The van der Waals surface area contributed by atoms with Crippen LogP contribution in [0.3, 0.4) is 0 Å². The second-order valence-corrected chi connectivity index (χ2v) is 4.41. The van der Waals surface area contributed by atoms with Crippen molar-refractivity contribution < 1.29 is 0 Å². The van der Waals surface area contributed by atoms with Crippen LogP contribution >= 0.6 is 0 Å². The first-order valence-corrected chi connectivity index (χ1v) is 5.60. The SMILES string of the molecule is Cc1ccc2nc(-c3cn(C)nc3C)[nH]c2c1. The van der Waals surface area contributed by atoms with E-state index in [1.165, 1.54) is 5.56 Å². The number of rotatable bonds is 1. The molecule has 4 nitrogen and oxygen atoms in total. The molecule has 86 valence electrons. The number of hydrogen-bond donors (Lipinski definition) is 1. The van der Waals surface area contributed by atoms with E-state index >= 15 is 0 Å². The molecule has 0 spiro atoms. The molecule has 0 atom stereocenters. The molecule has 1 N–H and O–H groups in total. The van der Waals surface area contributed by atoms with Crippen LogP contribution in [0.25, 0.3) is 22.4 Å². The minimum Gasteiger partial charge on any atom is -0.338 e. The Labute approximate surface area is 99.3 Å². The van der Waals surface area contributed by atoms with Crippen molar-refractivity contribution in [2.24, 2.45) is 7.05 Å². The Balaban J connectivity index is 2.21.